The molecule has 0 unspecified atom stereocenters. The number of nitrogens with zero attached hydrogens (tertiary/aromatic N) is 1. The van der Waals surface area contributed by atoms with E-state index in [1.165, 1.54) is 5.40 Å². The summed E-state index contributed by atoms with van der Waals surface area (Å²) < 4.78 is 23.2. The minimum absolute atomic E-state index is 0.0165. The van der Waals surface area contributed by atoms with Gasteiger partial charge in [-0.1, -0.05) is 34.8 Å². The average Bonchev–Trinajstić information content (AvgIpc) is 2.20. The van der Waals surface area contributed by atoms with Crippen molar-refractivity contribution < 1.29 is 8.42 Å². The van der Waals surface area contributed by atoms with E-state index in [1.807, 2.05) is 0 Å². The summed E-state index contributed by atoms with van der Waals surface area (Å²) in [5, 5.41) is 10.1. The van der Waals surface area contributed by atoms with Crippen LogP contribution >= 0.6 is 45.6 Å². The van der Waals surface area contributed by atoms with Gasteiger partial charge in [-0.25, -0.2) is 8.42 Å². The van der Waals surface area contributed by atoms with Crippen molar-refractivity contribution in [2.24, 2.45) is 0 Å². The second kappa shape index (κ2) is 5.03. The SMILES string of the molecule is Cc1c(Cl)c(Cl)cc(S(=O)(=O)SC#N)c1Cl. The van der Waals surface area contributed by atoms with E-state index in [1.54, 1.807) is 6.92 Å². The van der Waals surface area contributed by atoms with Crippen LogP contribution in [0.3, 0.4) is 0 Å². The van der Waals surface area contributed by atoms with Crippen LogP contribution in [0.25, 0.3) is 0 Å². The zero-order valence-electron chi connectivity index (χ0n) is 7.79. The van der Waals surface area contributed by atoms with Crippen molar-refractivity contribution in [1.29, 1.82) is 5.26 Å². The largest absolute Gasteiger partial charge is 0.245 e. The van der Waals surface area contributed by atoms with Gasteiger partial charge in [0.25, 0.3) is 0 Å². The van der Waals surface area contributed by atoms with Crippen LogP contribution in [-0.2, 0) is 8.87 Å². The normalized spacial score (nSPS) is 11.2. The summed E-state index contributed by atoms with van der Waals surface area (Å²) in [6, 6.07) is 1.14. The molecule has 0 aliphatic carbocycles. The zero-order valence-corrected chi connectivity index (χ0v) is 11.7. The van der Waals surface area contributed by atoms with Crippen LogP contribution in [0, 0.1) is 17.6 Å². The second-order valence-electron chi connectivity index (χ2n) is 2.74. The highest BCUT2D eigenvalue weighted by Crippen LogP contribution is 2.38. The van der Waals surface area contributed by atoms with Gasteiger partial charge in [0.15, 0.2) is 0 Å². The molecule has 0 aliphatic rings. The lowest BCUT2D eigenvalue weighted by molar-refractivity contribution is 0.610. The van der Waals surface area contributed by atoms with Crippen LogP contribution in [0.2, 0.25) is 15.1 Å². The first-order valence-electron chi connectivity index (χ1n) is 3.78. The van der Waals surface area contributed by atoms with Gasteiger partial charge in [-0.05, 0) is 18.6 Å². The van der Waals surface area contributed by atoms with Crippen LogP contribution in [-0.4, -0.2) is 8.42 Å². The first kappa shape index (κ1) is 13.9. The predicted molar refractivity (Wildman–Crippen MR) is 66.6 cm³/mol. The van der Waals surface area contributed by atoms with E-state index in [9.17, 15) is 8.42 Å². The zero-order chi connectivity index (χ0) is 12.5. The Morgan fingerprint density at radius 3 is 2.38 bits per heavy atom. The topological polar surface area (TPSA) is 57.9 Å². The molecule has 0 heterocycles. The van der Waals surface area contributed by atoms with E-state index in [0.717, 1.165) is 6.07 Å². The van der Waals surface area contributed by atoms with E-state index in [0.29, 0.717) is 5.56 Å². The monoisotopic (exact) mass is 315 g/mol. The highest BCUT2D eigenvalue weighted by molar-refractivity contribution is 8.73. The van der Waals surface area contributed by atoms with Crippen LogP contribution in [0.4, 0.5) is 0 Å². The van der Waals surface area contributed by atoms with Crippen LogP contribution in [0.1, 0.15) is 5.56 Å². The van der Waals surface area contributed by atoms with Crippen molar-refractivity contribution in [3.63, 3.8) is 0 Å². The van der Waals surface area contributed by atoms with Crippen molar-refractivity contribution >= 4 is 54.5 Å². The third-order valence-corrected chi connectivity index (χ3v) is 5.81. The molecule has 0 spiro atoms. The van der Waals surface area contributed by atoms with Crippen molar-refractivity contribution in [2.45, 2.75) is 11.8 Å². The Kier molecular flexibility index (Phi) is 4.38. The maximum Gasteiger partial charge on any atom is 0.245 e. The summed E-state index contributed by atoms with van der Waals surface area (Å²) in [7, 11) is -3.71. The molecule has 8 heteroatoms. The molecule has 3 nitrogen and oxygen atoms in total. The standard InChI is InChI=1S/C8H4Cl3NO2S2/c1-4-7(10)5(9)2-6(8(4)11)16(13,14)15-3-12/h2H,1H3. The van der Waals surface area contributed by atoms with E-state index in [-0.39, 0.29) is 30.8 Å². The molecule has 0 radical (unpaired) electrons. The van der Waals surface area contributed by atoms with Crippen molar-refractivity contribution in [1.82, 2.24) is 0 Å². The number of hydrogen-bond donors (Lipinski definition) is 0. The molecule has 0 aliphatic heterocycles. The molecule has 1 aromatic rings. The predicted octanol–water partition coefficient (Wildman–Crippen LogP) is 3.86. The average molecular weight is 317 g/mol. The molecule has 0 saturated heterocycles. The molecule has 0 atom stereocenters. The lowest BCUT2D eigenvalue weighted by Gasteiger charge is -2.08. The third-order valence-electron chi connectivity index (χ3n) is 1.76. The third kappa shape index (κ3) is 2.58. The minimum Gasteiger partial charge on any atom is -0.211 e. The Bertz CT molecular complexity index is 578. The Morgan fingerprint density at radius 2 is 1.88 bits per heavy atom. The van der Waals surface area contributed by atoms with Crippen LogP contribution < -0.4 is 0 Å². The van der Waals surface area contributed by atoms with Gasteiger partial charge in [0.05, 0.1) is 30.8 Å². The van der Waals surface area contributed by atoms with Crippen LogP contribution in [0.5, 0.6) is 0 Å². The molecule has 0 saturated carbocycles. The summed E-state index contributed by atoms with van der Waals surface area (Å²) in [6.45, 7) is 1.55. The Labute approximate surface area is 112 Å². The molecule has 0 amide bonds. The maximum atomic E-state index is 11.6. The Hall–Kier alpha value is -0.120. The fraction of sp³-hybridized carbons (Fsp3) is 0.125. The summed E-state index contributed by atoms with van der Waals surface area (Å²) in [4.78, 5) is -0.201. The number of halogens is 3. The first-order chi connectivity index (χ1) is 7.31. The molecule has 0 bridgehead atoms. The molecule has 1 aromatic carbocycles. The number of benzene rings is 1. The fourth-order valence-electron chi connectivity index (χ4n) is 0.978. The van der Waals surface area contributed by atoms with Gasteiger partial charge in [0, 0.05) is 0 Å². The van der Waals surface area contributed by atoms with Crippen LogP contribution in [0.15, 0.2) is 11.0 Å². The van der Waals surface area contributed by atoms with E-state index in [4.69, 9.17) is 40.1 Å². The van der Waals surface area contributed by atoms with Gasteiger partial charge in [0.2, 0.25) is 8.87 Å². The summed E-state index contributed by atoms with van der Waals surface area (Å²) in [5.41, 5.74) is 0.368. The fourth-order valence-corrected chi connectivity index (χ4v) is 3.86. The number of thiocyanates is 1. The molecular formula is C8H4Cl3NO2S2. The lowest BCUT2D eigenvalue weighted by atomic mass is 10.2. The highest BCUT2D eigenvalue weighted by Gasteiger charge is 2.23. The molecule has 0 N–H and O–H groups in total. The summed E-state index contributed by atoms with van der Waals surface area (Å²) in [6.07, 6.45) is 0. The van der Waals surface area contributed by atoms with Gasteiger partial charge in [-0.2, -0.15) is 5.26 Å². The molecule has 0 fully saturated rings. The van der Waals surface area contributed by atoms with E-state index >= 15 is 0 Å². The van der Waals surface area contributed by atoms with E-state index in [2.05, 4.69) is 0 Å². The lowest BCUT2D eigenvalue weighted by Crippen LogP contribution is -1.97. The minimum atomic E-state index is -3.82. The van der Waals surface area contributed by atoms with Gasteiger partial charge in [-0.3, -0.25) is 0 Å². The molecule has 16 heavy (non-hydrogen) atoms. The van der Waals surface area contributed by atoms with E-state index < -0.39 is 8.87 Å². The van der Waals surface area contributed by atoms with Gasteiger partial charge < -0.3 is 0 Å². The second-order valence-corrected chi connectivity index (χ2v) is 7.42. The van der Waals surface area contributed by atoms with Gasteiger partial charge in [-0.15, -0.1) is 0 Å². The highest BCUT2D eigenvalue weighted by atomic mass is 35.5. The molecular weight excluding hydrogens is 313 g/mol. The summed E-state index contributed by atoms with van der Waals surface area (Å²) in [5.74, 6) is 0. The Balaban J connectivity index is 3.56. The number of rotatable bonds is 2. The number of nitriles is 1. The summed E-state index contributed by atoms with van der Waals surface area (Å²) >= 11 is 17.4. The molecule has 0 aromatic heterocycles. The number of hydrogen-bond acceptors (Lipinski definition) is 4. The quantitative estimate of drug-likeness (QED) is 0.472. The smallest absolute Gasteiger partial charge is 0.211 e. The molecule has 1 rings (SSSR count). The van der Waals surface area contributed by atoms with Crippen molar-refractivity contribution in [2.75, 3.05) is 0 Å². The van der Waals surface area contributed by atoms with Gasteiger partial charge in [0.1, 0.15) is 5.40 Å². The maximum absolute atomic E-state index is 11.6. The Morgan fingerprint density at radius 1 is 1.31 bits per heavy atom. The van der Waals surface area contributed by atoms with Crippen molar-refractivity contribution in [3.8, 4) is 5.40 Å². The van der Waals surface area contributed by atoms with Crippen molar-refractivity contribution in [3.05, 3.63) is 26.7 Å². The first-order valence-corrected chi connectivity index (χ1v) is 7.73. The molecule has 86 valence electrons. The van der Waals surface area contributed by atoms with Gasteiger partial charge >= 0.3 is 0 Å².